The van der Waals surface area contributed by atoms with E-state index in [2.05, 4.69) is 31.1 Å². The first-order valence-corrected chi connectivity index (χ1v) is 3.75. The molecule has 0 spiro atoms. The quantitative estimate of drug-likeness (QED) is 0.744. The Balaban J connectivity index is 2.84. The molecule has 0 aliphatic heterocycles. The van der Waals surface area contributed by atoms with Gasteiger partial charge in [0, 0.05) is 12.3 Å². The normalized spacial score (nSPS) is 15.9. The molecule has 0 saturated carbocycles. The first-order chi connectivity index (χ1) is 7.93. The molecule has 0 atom stereocenters. The van der Waals surface area contributed by atoms with Gasteiger partial charge in [0.1, 0.15) is 7.67 Å². The standard InChI is InChI=1S/C7H5BrN4/c8-7-11-10-5-12(7)6-1-3-9-4-2-6/h1-5H/i1D,2D,3D,4D,5D. The fourth-order valence-corrected chi connectivity index (χ4v) is 1.01. The van der Waals surface area contributed by atoms with E-state index in [4.69, 9.17) is 6.85 Å². The van der Waals surface area contributed by atoms with Gasteiger partial charge in [0.25, 0.3) is 0 Å². The second kappa shape index (κ2) is 3.02. The zero-order valence-corrected chi connectivity index (χ0v) is 7.25. The minimum atomic E-state index is -0.430. The molecule has 5 heteroatoms. The molecule has 4 nitrogen and oxygen atoms in total. The summed E-state index contributed by atoms with van der Waals surface area (Å²) in [7, 11) is 0. The molecule has 0 saturated heterocycles. The van der Waals surface area contributed by atoms with E-state index in [0.29, 0.717) is 0 Å². The van der Waals surface area contributed by atoms with Crippen molar-refractivity contribution in [2.45, 2.75) is 0 Å². The lowest BCUT2D eigenvalue weighted by Crippen LogP contribution is -1.91. The van der Waals surface area contributed by atoms with Crippen molar-refractivity contribution in [3.63, 3.8) is 0 Å². The molecule has 2 rings (SSSR count). The molecule has 0 bridgehead atoms. The fourth-order valence-electron chi connectivity index (χ4n) is 0.669. The highest BCUT2D eigenvalue weighted by Crippen LogP contribution is 2.11. The Labute approximate surface area is 84.4 Å². The van der Waals surface area contributed by atoms with Crippen LogP contribution >= 0.6 is 15.9 Å². The summed E-state index contributed by atoms with van der Waals surface area (Å²) < 4.78 is 38.9. The predicted octanol–water partition coefficient (Wildman–Crippen LogP) is 1.42. The number of halogens is 1. The average molecular weight is 230 g/mol. The van der Waals surface area contributed by atoms with Crippen LogP contribution in [0.15, 0.2) is 35.5 Å². The van der Waals surface area contributed by atoms with Crippen LogP contribution in [0.3, 0.4) is 0 Å². The number of pyridine rings is 1. The molecule has 0 aliphatic carbocycles. The maximum atomic E-state index is 7.67. The summed E-state index contributed by atoms with van der Waals surface area (Å²) in [4.78, 5) is 3.43. The maximum absolute atomic E-state index is 7.67. The zero-order valence-electron chi connectivity index (χ0n) is 10.7. The average Bonchev–Trinajstić information content (AvgIpc) is 2.58. The summed E-state index contributed by atoms with van der Waals surface area (Å²) in [6, 6.07) is -0.694. The first-order valence-electron chi connectivity index (χ1n) is 5.45. The van der Waals surface area contributed by atoms with E-state index in [9.17, 15) is 0 Å². The van der Waals surface area contributed by atoms with Crippen molar-refractivity contribution in [3.05, 3.63) is 35.5 Å². The van der Waals surface area contributed by atoms with Gasteiger partial charge in [-0.15, -0.1) is 10.2 Å². The van der Waals surface area contributed by atoms with Gasteiger partial charge in [0.05, 0.1) is 11.2 Å². The van der Waals surface area contributed by atoms with E-state index in [1.54, 1.807) is 0 Å². The van der Waals surface area contributed by atoms with Crippen molar-refractivity contribution >= 4 is 15.9 Å². The monoisotopic (exact) mass is 229 g/mol. The Morgan fingerprint density at radius 3 is 2.75 bits per heavy atom. The van der Waals surface area contributed by atoms with Crippen LogP contribution in [0.2, 0.25) is 0 Å². The van der Waals surface area contributed by atoms with Gasteiger partial charge in [-0.25, -0.2) is 0 Å². The smallest absolute Gasteiger partial charge is 0.204 e. The van der Waals surface area contributed by atoms with Crippen LogP contribution in [-0.4, -0.2) is 19.7 Å². The van der Waals surface area contributed by atoms with Crippen LogP contribution in [0, 0.1) is 0 Å². The lowest BCUT2D eigenvalue weighted by atomic mass is 10.4. The van der Waals surface area contributed by atoms with E-state index < -0.39 is 12.3 Å². The molecule has 0 fully saturated rings. The van der Waals surface area contributed by atoms with Crippen LogP contribution in [0.1, 0.15) is 6.85 Å². The SMILES string of the molecule is [2H]c1nc([2H])c([2H])c(-n2c([2H])nnc2Br)c1[2H]. The molecule has 2 aromatic rings. The third-order valence-electron chi connectivity index (χ3n) is 1.15. The maximum Gasteiger partial charge on any atom is 0.204 e. The van der Waals surface area contributed by atoms with E-state index in [0.717, 1.165) is 4.57 Å². The molecule has 2 heterocycles. The summed E-state index contributed by atoms with van der Waals surface area (Å²) in [5.41, 5.74) is -0.100. The molecule has 0 amide bonds. The molecule has 0 N–H and O–H groups in total. The Morgan fingerprint density at radius 1 is 1.42 bits per heavy atom. The van der Waals surface area contributed by atoms with Gasteiger partial charge in [0.15, 0.2) is 0 Å². The lowest BCUT2D eigenvalue weighted by Gasteiger charge is -1.99. The van der Waals surface area contributed by atoms with E-state index in [-0.39, 0.29) is 28.8 Å². The highest BCUT2D eigenvalue weighted by Gasteiger charge is 2.00. The number of hydrogen-bond acceptors (Lipinski definition) is 3. The summed E-state index contributed by atoms with van der Waals surface area (Å²) >= 11 is 3.03. The molecule has 2 aromatic heterocycles. The van der Waals surface area contributed by atoms with E-state index in [1.807, 2.05) is 0 Å². The lowest BCUT2D eigenvalue weighted by molar-refractivity contribution is 1.01. The fraction of sp³-hybridized carbons (Fsp3) is 0. The first kappa shape index (κ1) is 3.66. The van der Waals surface area contributed by atoms with Crippen molar-refractivity contribution < 1.29 is 6.85 Å². The second-order valence-corrected chi connectivity index (χ2v) is 2.55. The molecule has 0 radical (unpaired) electrons. The zero-order chi connectivity index (χ0) is 12.7. The molecule has 0 aromatic carbocycles. The third kappa shape index (κ3) is 1.23. The molecule has 12 heavy (non-hydrogen) atoms. The topological polar surface area (TPSA) is 43.6 Å². The number of aromatic nitrogens is 4. The summed E-state index contributed by atoms with van der Waals surface area (Å²) in [5, 5.41) is 7.02. The van der Waals surface area contributed by atoms with Crippen molar-refractivity contribution in [3.8, 4) is 5.69 Å². The van der Waals surface area contributed by atoms with Gasteiger partial charge in [-0.3, -0.25) is 9.55 Å². The highest BCUT2D eigenvalue weighted by atomic mass is 79.9. The number of nitrogens with zero attached hydrogens (tertiary/aromatic N) is 4. The number of hydrogen-bond donors (Lipinski definition) is 0. The third-order valence-corrected chi connectivity index (χ3v) is 1.66. The summed E-state index contributed by atoms with van der Waals surface area (Å²) in [6.07, 6.45) is -1.15. The highest BCUT2D eigenvalue weighted by molar-refractivity contribution is 9.10. The Morgan fingerprint density at radius 2 is 2.17 bits per heavy atom. The van der Waals surface area contributed by atoms with Crippen molar-refractivity contribution in [1.82, 2.24) is 19.7 Å². The van der Waals surface area contributed by atoms with E-state index in [1.165, 1.54) is 0 Å². The minimum Gasteiger partial charge on any atom is -0.276 e. The van der Waals surface area contributed by atoms with Crippen LogP contribution in [0.4, 0.5) is 0 Å². The Hall–Kier alpha value is -1.23. The van der Waals surface area contributed by atoms with Gasteiger partial charge in [-0.2, -0.15) is 0 Å². The van der Waals surface area contributed by atoms with Crippen molar-refractivity contribution in [2.24, 2.45) is 0 Å². The largest absolute Gasteiger partial charge is 0.276 e. The number of rotatable bonds is 1. The molecular weight excluding hydrogens is 220 g/mol. The van der Waals surface area contributed by atoms with Crippen molar-refractivity contribution in [2.75, 3.05) is 0 Å². The van der Waals surface area contributed by atoms with Gasteiger partial charge >= 0.3 is 0 Å². The van der Waals surface area contributed by atoms with Gasteiger partial charge in [-0.05, 0) is 28.0 Å². The van der Waals surface area contributed by atoms with Crippen LogP contribution in [-0.2, 0) is 0 Å². The van der Waals surface area contributed by atoms with Crippen LogP contribution in [0.5, 0.6) is 0 Å². The molecule has 0 unspecified atom stereocenters. The van der Waals surface area contributed by atoms with Crippen LogP contribution < -0.4 is 0 Å². The van der Waals surface area contributed by atoms with Gasteiger partial charge in [-0.1, -0.05) is 0 Å². The van der Waals surface area contributed by atoms with Gasteiger partial charge < -0.3 is 0 Å². The molecule has 0 aliphatic rings. The summed E-state index contributed by atoms with van der Waals surface area (Å²) in [6.45, 7) is 0. The van der Waals surface area contributed by atoms with Crippen LogP contribution in [0.25, 0.3) is 5.69 Å². The Bertz CT molecular complexity index is 553. The molecule has 60 valence electrons. The minimum absolute atomic E-state index is 0.100. The molecular formula is C7H5BrN4. The summed E-state index contributed by atoms with van der Waals surface area (Å²) in [5.74, 6) is 0. The van der Waals surface area contributed by atoms with E-state index >= 15 is 0 Å². The van der Waals surface area contributed by atoms with Gasteiger partial charge in [0.2, 0.25) is 4.73 Å². The second-order valence-electron chi connectivity index (χ2n) is 1.84. The predicted molar refractivity (Wildman–Crippen MR) is 46.9 cm³/mol. The van der Waals surface area contributed by atoms with Crippen molar-refractivity contribution in [1.29, 1.82) is 0 Å². The Kier molecular flexibility index (Phi) is 0.920.